The van der Waals surface area contributed by atoms with Gasteiger partial charge >= 0.3 is 0 Å². The molecule has 0 radical (unpaired) electrons. The van der Waals surface area contributed by atoms with Crippen LogP contribution in [0.25, 0.3) is 0 Å². The lowest BCUT2D eigenvalue weighted by Crippen LogP contribution is -2.35. The molecule has 1 aliphatic carbocycles. The van der Waals surface area contributed by atoms with Gasteiger partial charge in [0, 0.05) is 18.0 Å². The molecule has 1 saturated carbocycles. The van der Waals surface area contributed by atoms with Crippen molar-refractivity contribution in [2.75, 3.05) is 19.8 Å². The van der Waals surface area contributed by atoms with Crippen LogP contribution in [0.15, 0.2) is 48.5 Å². The topological polar surface area (TPSA) is 71.3 Å². The van der Waals surface area contributed by atoms with Gasteiger partial charge in [-0.1, -0.05) is 30.3 Å². The number of benzene rings is 2. The Morgan fingerprint density at radius 3 is 2.58 bits per heavy atom. The van der Waals surface area contributed by atoms with Gasteiger partial charge in [-0.3, -0.25) is 4.79 Å². The van der Waals surface area contributed by atoms with Crippen LogP contribution in [0, 0.1) is 11.3 Å². The summed E-state index contributed by atoms with van der Waals surface area (Å²) in [7, 11) is 0. The molecule has 134 valence electrons. The van der Waals surface area contributed by atoms with Gasteiger partial charge in [0.2, 0.25) is 0 Å². The number of hydrogen-bond donors (Lipinski definition) is 1. The summed E-state index contributed by atoms with van der Waals surface area (Å²) < 4.78 is 11.1. The molecule has 0 atom stereocenters. The average Bonchev–Trinajstić information content (AvgIpc) is 3.47. The maximum absolute atomic E-state index is 12.2. The number of carbonyl (C=O) groups is 1. The maximum Gasteiger partial charge on any atom is 0.257 e. The Kier molecular flexibility index (Phi) is 5.43. The summed E-state index contributed by atoms with van der Waals surface area (Å²) in [5.74, 6) is 0.770. The minimum Gasteiger partial charge on any atom is -0.490 e. The molecule has 0 heterocycles. The molecule has 2 aromatic carbocycles. The molecule has 26 heavy (non-hydrogen) atoms. The SMILES string of the molecule is CCOc1cc(C#N)ccc1OCC(=O)NCC1(c2ccccc2)CC1. The summed E-state index contributed by atoms with van der Waals surface area (Å²) in [6.07, 6.45) is 2.17. The molecule has 3 rings (SSSR count). The van der Waals surface area contributed by atoms with E-state index in [0.717, 1.165) is 12.8 Å². The van der Waals surface area contributed by atoms with E-state index >= 15 is 0 Å². The first-order chi connectivity index (χ1) is 12.7. The van der Waals surface area contributed by atoms with Crippen LogP contribution in [-0.4, -0.2) is 25.7 Å². The van der Waals surface area contributed by atoms with Gasteiger partial charge in [0.15, 0.2) is 18.1 Å². The fourth-order valence-electron chi connectivity index (χ4n) is 2.94. The van der Waals surface area contributed by atoms with Gasteiger partial charge in [-0.05, 0) is 37.5 Å². The van der Waals surface area contributed by atoms with E-state index in [-0.39, 0.29) is 17.9 Å². The molecule has 0 aromatic heterocycles. The molecule has 0 aliphatic heterocycles. The first-order valence-electron chi connectivity index (χ1n) is 8.79. The summed E-state index contributed by atoms with van der Waals surface area (Å²) >= 11 is 0. The molecule has 1 fully saturated rings. The van der Waals surface area contributed by atoms with Crippen LogP contribution in [0.1, 0.15) is 30.9 Å². The van der Waals surface area contributed by atoms with E-state index in [4.69, 9.17) is 14.7 Å². The molecular formula is C21H22N2O3. The number of hydrogen-bond acceptors (Lipinski definition) is 4. The highest BCUT2D eigenvalue weighted by molar-refractivity contribution is 5.77. The smallest absolute Gasteiger partial charge is 0.257 e. The standard InChI is InChI=1S/C21H22N2O3/c1-2-25-19-12-16(13-22)8-9-18(19)26-14-20(24)23-15-21(10-11-21)17-6-4-3-5-7-17/h3-9,12H,2,10-11,14-15H2,1H3,(H,23,24). The second-order valence-corrected chi connectivity index (χ2v) is 6.42. The highest BCUT2D eigenvalue weighted by Crippen LogP contribution is 2.47. The van der Waals surface area contributed by atoms with Crippen molar-refractivity contribution in [3.8, 4) is 17.6 Å². The lowest BCUT2D eigenvalue weighted by Gasteiger charge is -2.17. The first kappa shape index (κ1) is 17.8. The van der Waals surface area contributed by atoms with Crippen molar-refractivity contribution < 1.29 is 14.3 Å². The fraction of sp³-hybridized carbons (Fsp3) is 0.333. The van der Waals surface area contributed by atoms with E-state index in [2.05, 4.69) is 23.5 Å². The molecule has 5 heteroatoms. The molecule has 1 amide bonds. The van der Waals surface area contributed by atoms with Crippen LogP contribution in [-0.2, 0) is 10.2 Å². The Hall–Kier alpha value is -3.00. The van der Waals surface area contributed by atoms with Gasteiger partial charge in [0.25, 0.3) is 5.91 Å². The molecule has 0 unspecified atom stereocenters. The van der Waals surface area contributed by atoms with E-state index in [9.17, 15) is 4.79 Å². The zero-order chi connectivity index (χ0) is 18.4. The summed E-state index contributed by atoms with van der Waals surface area (Å²) in [5.41, 5.74) is 1.83. The fourth-order valence-corrected chi connectivity index (χ4v) is 2.94. The van der Waals surface area contributed by atoms with Crippen molar-refractivity contribution in [1.82, 2.24) is 5.32 Å². The predicted molar refractivity (Wildman–Crippen MR) is 98.2 cm³/mol. The van der Waals surface area contributed by atoms with Gasteiger partial charge < -0.3 is 14.8 Å². The van der Waals surface area contributed by atoms with Crippen LogP contribution >= 0.6 is 0 Å². The average molecular weight is 350 g/mol. The lowest BCUT2D eigenvalue weighted by atomic mass is 9.96. The van der Waals surface area contributed by atoms with Crippen LogP contribution < -0.4 is 14.8 Å². The number of nitrogens with zero attached hydrogens (tertiary/aromatic N) is 1. The third kappa shape index (κ3) is 4.15. The number of carbonyl (C=O) groups excluding carboxylic acids is 1. The Balaban J connectivity index is 1.54. The van der Waals surface area contributed by atoms with Gasteiger partial charge in [-0.15, -0.1) is 0 Å². The lowest BCUT2D eigenvalue weighted by molar-refractivity contribution is -0.123. The Labute approximate surface area is 153 Å². The minimum absolute atomic E-state index is 0.0713. The first-order valence-corrected chi connectivity index (χ1v) is 8.79. The molecule has 2 aromatic rings. The summed E-state index contributed by atoms with van der Waals surface area (Å²) in [5, 5.41) is 11.9. The van der Waals surface area contributed by atoms with Crippen molar-refractivity contribution >= 4 is 5.91 Å². The number of amides is 1. The van der Waals surface area contributed by atoms with Crippen LogP contribution in [0.4, 0.5) is 0 Å². The van der Waals surface area contributed by atoms with Gasteiger partial charge in [0.05, 0.1) is 18.2 Å². The molecule has 1 aliphatic rings. The molecular weight excluding hydrogens is 328 g/mol. The van der Waals surface area contributed by atoms with Crippen LogP contribution in [0.2, 0.25) is 0 Å². The van der Waals surface area contributed by atoms with E-state index in [1.54, 1.807) is 18.2 Å². The Bertz CT molecular complexity index is 808. The highest BCUT2D eigenvalue weighted by Gasteiger charge is 2.44. The predicted octanol–water partition coefficient (Wildman–Crippen LogP) is 3.18. The van der Waals surface area contributed by atoms with Gasteiger partial charge in [-0.2, -0.15) is 5.26 Å². The second kappa shape index (κ2) is 7.92. The minimum atomic E-state index is -0.168. The van der Waals surface area contributed by atoms with Gasteiger partial charge in [0.1, 0.15) is 0 Å². The van der Waals surface area contributed by atoms with Crippen LogP contribution in [0.5, 0.6) is 11.5 Å². The molecule has 0 saturated heterocycles. The molecule has 0 spiro atoms. The summed E-state index contributed by atoms with van der Waals surface area (Å²) in [6, 6.07) is 17.3. The second-order valence-electron chi connectivity index (χ2n) is 6.42. The van der Waals surface area contributed by atoms with Crippen molar-refractivity contribution in [3.05, 3.63) is 59.7 Å². The Morgan fingerprint density at radius 2 is 1.92 bits per heavy atom. The van der Waals surface area contributed by atoms with E-state index in [1.807, 2.05) is 25.1 Å². The van der Waals surface area contributed by atoms with Crippen molar-refractivity contribution in [2.24, 2.45) is 0 Å². The van der Waals surface area contributed by atoms with Crippen LogP contribution in [0.3, 0.4) is 0 Å². The monoisotopic (exact) mass is 350 g/mol. The quantitative estimate of drug-likeness (QED) is 0.794. The van der Waals surface area contributed by atoms with E-state index < -0.39 is 0 Å². The molecule has 5 nitrogen and oxygen atoms in total. The zero-order valence-electron chi connectivity index (χ0n) is 14.8. The summed E-state index contributed by atoms with van der Waals surface area (Å²) in [4.78, 5) is 12.2. The highest BCUT2D eigenvalue weighted by atomic mass is 16.5. The normalized spacial score (nSPS) is 14.2. The van der Waals surface area contributed by atoms with Crippen molar-refractivity contribution in [1.29, 1.82) is 5.26 Å². The van der Waals surface area contributed by atoms with Crippen molar-refractivity contribution in [2.45, 2.75) is 25.2 Å². The zero-order valence-corrected chi connectivity index (χ0v) is 14.8. The number of nitriles is 1. The number of nitrogens with one attached hydrogen (secondary N) is 1. The van der Waals surface area contributed by atoms with E-state index in [1.165, 1.54) is 5.56 Å². The molecule has 1 N–H and O–H groups in total. The largest absolute Gasteiger partial charge is 0.490 e. The third-order valence-corrected chi connectivity index (χ3v) is 4.60. The van der Waals surface area contributed by atoms with E-state index in [0.29, 0.717) is 30.2 Å². The Morgan fingerprint density at radius 1 is 1.15 bits per heavy atom. The molecule has 0 bridgehead atoms. The maximum atomic E-state index is 12.2. The summed E-state index contributed by atoms with van der Waals surface area (Å²) in [6.45, 7) is 2.84. The number of rotatable bonds is 8. The van der Waals surface area contributed by atoms with Crippen molar-refractivity contribution in [3.63, 3.8) is 0 Å². The third-order valence-electron chi connectivity index (χ3n) is 4.60. The number of ether oxygens (including phenoxy) is 2. The van der Waals surface area contributed by atoms with Gasteiger partial charge in [-0.25, -0.2) is 0 Å².